The van der Waals surface area contributed by atoms with Gasteiger partial charge in [-0.05, 0) is 24.3 Å². The Hall–Kier alpha value is -4.46. The first-order valence-electron chi connectivity index (χ1n) is 11.0. The number of benzene rings is 2. The average molecular weight is 488 g/mol. The fourth-order valence-corrected chi connectivity index (χ4v) is 4.45. The van der Waals surface area contributed by atoms with Crippen LogP contribution in [0.5, 0.6) is 0 Å². The van der Waals surface area contributed by atoms with Crippen LogP contribution >= 0.6 is 0 Å². The molecule has 3 aromatic rings. The summed E-state index contributed by atoms with van der Waals surface area (Å²) in [6.07, 6.45) is 4.76. The van der Waals surface area contributed by atoms with Crippen molar-refractivity contribution in [3.8, 4) is 12.3 Å². The Morgan fingerprint density at radius 1 is 1.03 bits per heavy atom. The second-order valence-electron chi connectivity index (χ2n) is 8.25. The standard InChI is InChI=1S/C26H20N2O8/c1-2-25-21(35-23(31)18-11-7-4-8-12-18)19(15-33-22(30)17-9-5-3-6-10-17)36-26(25,16-34-25)28-14-13-20(29)27-24(28)32/h1,3-14,19,21H,15-16H2,(H,27,29,32)/t19-,21?,25?,26-/m1/s1. The van der Waals surface area contributed by atoms with Crippen LogP contribution in [0.4, 0.5) is 0 Å². The summed E-state index contributed by atoms with van der Waals surface area (Å²) in [7, 11) is 0. The Morgan fingerprint density at radius 3 is 2.22 bits per heavy atom. The van der Waals surface area contributed by atoms with E-state index in [4.69, 9.17) is 25.4 Å². The SMILES string of the molecule is C#CC12OC[C@@]1(n1ccc(=O)[nH]c1=O)O[C@H](COC(=O)c1ccccc1)C2OC(=O)c1ccccc1. The minimum Gasteiger partial charge on any atom is -0.459 e. The lowest BCUT2D eigenvalue weighted by molar-refractivity contribution is -0.312. The van der Waals surface area contributed by atoms with Crippen molar-refractivity contribution in [2.24, 2.45) is 0 Å². The highest BCUT2D eigenvalue weighted by atomic mass is 16.7. The monoisotopic (exact) mass is 488 g/mol. The molecule has 2 fully saturated rings. The van der Waals surface area contributed by atoms with Gasteiger partial charge in [-0.2, -0.15) is 0 Å². The Balaban J connectivity index is 1.51. The van der Waals surface area contributed by atoms with Gasteiger partial charge in [-0.1, -0.05) is 42.3 Å². The van der Waals surface area contributed by atoms with Crippen LogP contribution in [0, 0.1) is 12.3 Å². The van der Waals surface area contributed by atoms with Crippen LogP contribution in [0.2, 0.25) is 0 Å². The number of rotatable bonds is 6. The molecular formula is C26H20N2O8. The van der Waals surface area contributed by atoms with Gasteiger partial charge in [0.1, 0.15) is 19.3 Å². The van der Waals surface area contributed by atoms with E-state index in [0.717, 1.165) is 10.6 Å². The molecule has 5 rings (SSSR count). The van der Waals surface area contributed by atoms with Crippen molar-refractivity contribution in [1.29, 1.82) is 0 Å². The maximum absolute atomic E-state index is 13.0. The third-order valence-corrected chi connectivity index (χ3v) is 6.22. The van der Waals surface area contributed by atoms with Crippen LogP contribution in [-0.2, 0) is 24.7 Å². The van der Waals surface area contributed by atoms with E-state index in [1.807, 2.05) is 0 Å². The molecule has 2 aromatic carbocycles. The smallest absolute Gasteiger partial charge is 0.338 e. The lowest BCUT2D eigenvalue weighted by atomic mass is 9.81. The molecule has 2 unspecified atom stereocenters. The number of aromatic amines is 1. The zero-order valence-corrected chi connectivity index (χ0v) is 18.8. The zero-order valence-electron chi connectivity index (χ0n) is 18.8. The zero-order chi connectivity index (χ0) is 25.3. The Morgan fingerprint density at radius 2 is 1.67 bits per heavy atom. The van der Waals surface area contributed by atoms with Crippen molar-refractivity contribution in [3.63, 3.8) is 0 Å². The second kappa shape index (κ2) is 8.96. The summed E-state index contributed by atoms with van der Waals surface area (Å²) in [5, 5.41) is 0. The normalized spacial score (nSPS) is 26.2. The number of carbonyl (C=O) groups excluding carboxylic acids is 2. The van der Waals surface area contributed by atoms with Crippen molar-refractivity contribution < 1.29 is 28.5 Å². The summed E-state index contributed by atoms with van der Waals surface area (Å²) in [4.78, 5) is 52.0. The molecule has 36 heavy (non-hydrogen) atoms. The van der Waals surface area contributed by atoms with Crippen LogP contribution in [0.3, 0.4) is 0 Å². The number of hydrogen-bond acceptors (Lipinski definition) is 8. The molecule has 3 heterocycles. The Labute approximate surface area is 204 Å². The van der Waals surface area contributed by atoms with E-state index in [1.54, 1.807) is 60.7 Å². The van der Waals surface area contributed by atoms with Crippen LogP contribution < -0.4 is 11.2 Å². The van der Waals surface area contributed by atoms with Crippen LogP contribution in [0.1, 0.15) is 20.7 Å². The van der Waals surface area contributed by atoms with E-state index < -0.39 is 46.7 Å². The third kappa shape index (κ3) is 3.62. The number of ether oxygens (including phenoxy) is 4. The van der Waals surface area contributed by atoms with E-state index in [2.05, 4.69) is 10.9 Å². The summed E-state index contributed by atoms with van der Waals surface area (Å²) < 4.78 is 24.3. The predicted molar refractivity (Wildman–Crippen MR) is 124 cm³/mol. The number of esters is 2. The summed E-state index contributed by atoms with van der Waals surface area (Å²) in [6.45, 7) is -0.529. The molecule has 2 aliphatic rings. The van der Waals surface area contributed by atoms with E-state index in [0.29, 0.717) is 5.56 Å². The van der Waals surface area contributed by atoms with E-state index in [1.165, 1.54) is 6.20 Å². The number of terminal acetylenes is 1. The lowest BCUT2D eigenvalue weighted by Crippen LogP contribution is -2.72. The largest absolute Gasteiger partial charge is 0.459 e. The van der Waals surface area contributed by atoms with Gasteiger partial charge in [0.15, 0.2) is 6.10 Å². The van der Waals surface area contributed by atoms with Gasteiger partial charge in [-0.15, -0.1) is 6.42 Å². The maximum atomic E-state index is 13.0. The van der Waals surface area contributed by atoms with Crippen molar-refractivity contribution in [2.75, 3.05) is 13.2 Å². The molecule has 0 saturated carbocycles. The maximum Gasteiger partial charge on any atom is 0.338 e. The molecule has 2 aliphatic heterocycles. The molecular weight excluding hydrogens is 468 g/mol. The second-order valence-corrected chi connectivity index (χ2v) is 8.25. The van der Waals surface area contributed by atoms with Gasteiger partial charge in [0.25, 0.3) is 5.56 Å². The molecule has 10 nitrogen and oxygen atoms in total. The first-order valence-corrected chi connectivity index (χ1v) is 11.0. The van der Waals surface area contributed by atoms with Gasteiger partial charge in [0.05, 0.1) is 11.1 Å². The fourth-order valence-electron chi connectivity index (χ4n) is 4.45. The molecule has 0 spiro atoms. The van der Waals surface area contributed by atoms with Crippen LogP contribution in [0.15, 0.2) is 82.5 Å². The molecule has 1 N–H and O–H groups in total. The van der Waals surface area contributed by atoms with E-state index >= 15 is 0 Å². The highest BCUT2D eigenvalue weighted by molar-refractivity contribution is 5.90. The Bertz CT molecular complexity index is 1460. The quantitative estimate of drug-likeness (QED) is 0.404. The Kier molecular flexibility index (Phi) is 5.80. The van der Waals surface area contributed by atoms with Crippen molar-refractivity contribution in [1.82, 2.24) is 9.55 Å². The summed E-state index contributed by atoms with van der Waals surface area (Å²) in [6, 6.07) is 17.6. The number of H-pyrrole nitrogens is 1. The first-order chi connectivity index (χ1) is 17.4. The third-order valence-electron chi connectivity index (χ3n) is 6.22. The fraction of sp³-hybridized carbons (Fsp3) is 0.231. The van der Waals surface area contributed by atoms with Crippen LogP contribution in [0.25, 0.3) is 0 Å². The number of nitrogens with zero attached hydrogens (tertiary/aromatic N) is 1. The number of carbonyl (C=O) groups is 2. The van der Waals surface area contributed by atoms with Gasteiger partial charge in [-0.3, -0.25) is 14.3 Å². The van der Waals surface area contributed by atoms with Gasteiger partial charge < -0.3 is 18.9 Å². The van der Waals surface area contributed by atoms with Crippen molar-refractivity contribution >= 4 is 11.9 Å². The van der Waals surface area contributed by atoms with Gasteiger partial charge >= 0.3 is 17.6 Å². The highest BCUT2D eigenvalue weighted by Gasteiger charge is 2.76. The highest BCUT2D eigenvalue weighted by Crippen LogP contribution is 2.54. The minimum atomic E-state index is -1.73. The lowest BCUT2D eigenvalue weighted by Gasteiger charge is -2.51. The molecule has 4 atom stereocenters. The number of nitrogens with one attached hydrogen (secondary N) is 1. The predicted octanol–water partition coefficient (Wildman–Crippen LogP) is 1.07. The average Bonchev–Trinajstić information content (AvgIpc) is 3.06. The molecule has 182 valence electrons. The van der Waals surface area contributed by atoms with Crippen molar-refractivity contribution in [2.45, 2.75) is 23.5 Å². The molecule has 0 bridgehead atoms. The molecule has 2 saturated heterocycles. The molecule has 1 aromatic heterocycles. The molecule has 0 amide bonds. The first kappa shape index (κ1) is 23.3. The molecule has 0 aliphatic carbocycles. The summed E-state index contributed by atoms with van der Waals surface area (Å²) in [5.74, 6) is 1.16. The number of aromatic nitrogens is 2. The minimum absolute atomic E-state index is 0.175. The van der Waals surface area contributed by atoms with Gasteiger partial charge in [0, 0.05) is 12.3 Å². The summed E-state index contributed by atoms with van der Waals surface area (Å²) in [5.41, 5.74) is -4.19. The molecule has 10 heteroatoms. The number of hydrogen-bond donors (Lipinski definition) is 1. The van der Waals surface area contributed by atoms with E-state index in [9.17, 15) is 19.2 Å². The van der Waals surface area contributed by atoms with E-state index in [-0.39, 0.29) is 18.8 Å². The number of fused-ring (bicyclic) bond motifs is 1. The van der Waals surface area contributed by atoms with Gasteiger partial charge in [-0.25, -0.2) is 14.4 Å². The van der Waals surface area contributed by atoms with Gasteiger partial charge in [0.2, 0.25) is 11.3 Å². The topological polar surface area (TPSA) is 126 Å². The van der Waals surface area contributed by atoms with Crippen LogP contribution in [-0.4, -0.2) is 52.5 Å². The summed E-state index contributed by atoms with van der Waals surface area (Å²) >= 11 is 0. The molecule has 0 radical (unpaired) electrons. The van der Waals surface area contributed by atoms with Crippen molar-refractivity contribution in [3.05, 3.63) is 105 Å².